The van der Waals surface area contributed by atoms with Gasteiger partial charge in [0.25, 0.3) is 5.56 Å². The predicted octanol–water partition coefficient (Wildman–Crippen LogP) is 2.19. The molecule has 196 valence electrons. The highest BCUT2D eigenvalue weighted by Gasteiger charge is 2.46. The van der Waals surface area contributed by atoms with E-state index in [1.165, 1.54) is 6.07 Å². The van der Waals surface area contributed by atoms with Crippen LogP contribution in [0.5, 0.6) is 0 Å². The zero-order valence-electron chi connectivity index (χ0n) is 20.8. The summed E-state index contributed by atoms with van der Waals surface area (Å²) in [5, 5.41) is 24.3. The molecule has 3 N–H and O–H groups in total. The van der Waals surface area contributed by atoms with E-state index in [0.717, 1.165) is 40.5 Å². The number of esters is 1. The number of ether oxygens (including phenoxy) is 1. The first-order valence-corrected chi connectivity index (χ1v) is 13.0. The van der Waals surface area contributed by atoms with Crippen molar-refractivity contribution in [1.82, 2.24) is 14.9 Å². The van der Waals surface area contributed by atoms with Crippen molar-refractivity contribution in [2.75, 3.05) is 6.61 Å². The fourth-order valence-corrected chi connectivity index (χ4v) is 6.62. The van der Waals surface area contributed by atoms with Gasteiger partial charge in [-0.05, 0) is 60.8 Å². The molecular formula is C28H26FN3O6. The molecule has 1 fully saturated rings. The summed E-state index contributed by atoms with van der Waals surface area (Å²) in [7, 11) is 0. The molecule has 38 heavy (non-hydrogen) atoms. The monoisotopic (exact) mass is 519 g/mol. The molecule has 2 atom stereocenters. The summed E-state index contributed by atoms with van der Waals surface area (Å²) in [6.45, 7) is 0.922. The lowest BCUT2D eigenvalue weighted by molar-refractivity contribution is -0.172. The third-order valence-corrected chi connectivity index (χ3v) is 8.61. The van der Waals surface area contributed by atoms with Gasteiger partial charge in [-0.1, -0.05) is 6.92 Å². The molecule has 2 aromatic heterocycles. The lowest BCUT2D eigenvalue weighted by Crippen LogP contribution is -2.44. The van der Waals surface area contributed by atoms with Crippen molar-refractivity contribution in [3.8, 4) is 11.4 Å². The summed E-state index contributed by atoms with van der Waals surface area (Å²) in [5.41, 5.74) is 2.55. The number of aromatic nitrogens is 2. The van der Waals surface area contributed by atoms with Gasteiger partial charge in [-0.2, -0.15) is 0 Å². The number of benzene rings is 1. The van der Waals surface area contributed by atoms with Gasteiger partial charge < -0.3 is 24.8 Å². The van der Waals surface area contributed by atoms with Crippen LogP contribution in [0.4, 0.5) is 4.39 Å². The van der Waals surface area contributed by atoms with Crippen molar-refractivity contribution < 1.29 is 28.9 Å². The van der Waals surface area contributed by atoms with E-state index in [1.54, 1.807) is 17.6 Å². The number of fused-ring (bicyclic) bond motifs is 5. The van der Waals surface area contributed by atoms with Gasteiger partial charge in [-0.25, -0.2) is 14.2 Å². The summed E-state index contributed by atoms with van der Waals surface area (Å²) in [6.07, 6.45) is 2.97. The third-order valence-electron chi connectivity index (χ3n) is 8.61. The van der Waals surface area contributed by atoms with Gasteiger partial charge >= 0.3 is 5.97 Å². The number of rotatable bonds is 4. The summed E-state index contributed by atoms with van der Waals surface area (Å²) in [4.78, 5) is 43.2. The molecule has 9 nitrogen and oxygen atoms in total. The number of cyclic esters (lactones) is 1. The Bertz CT molecular complexity index is 1660. The number of hydrogen-bond acceptors (Lipinski definition) is 7. The van der Waals surface area contributed by atoms with Crippen molar-refractivity contribution in [1.29, 1.82) is 0 Å². The quantitative estimate of drug-likeness (QED) is 0.352. The maximum absolute atomic E-state index is 15.4. The molecule has 10 heteroatoms. The number of aliphatic hydroxyl groups excluding tert-OH is 1. The minimum Gasteiger partial charge on any atom is -0.458 e. The molecule has 0 radical (unpaired) electrons. The van der Waals surface area contributed by atoms with E-state index >= 15 is 4.39 Å². The highest BCUT2D eigenvalue weighted by Crippen LogP contribution is 2.50. The summed E-state index contributed by atoms with van der Waals surface area (Å²) >= 11 is 0. The molecule has 1 amide bonds. The second-order valence-corrected chi connectivity index (χ2v) is 10.7. The minimum absolute atomic E-state index is 0.0266. The van der Waals surface area contributed by atoms with Crippen LogP contribution in [-0.2, 0) is 39.5 Å². The SMILES string of the molecule is CC[C@@]1(O)C(=O)OCc2c1cc1n(c2=O)Cc2c-1nc1cc(F)c(C3CC3)c3c1c2[C@@H](NC(=O)CO)CC3. The Balaban J connectivity index is 1.52. The van der Waals surface area contributed by atoms with E-state index in [2.05, 4.69) is 5.32 Å². The van der Waals surface area contributed by atoms with Crippen molar-refractivity contribution in [2.24, 2.45) is 0 Å². The Morgan fingerprint density at radius 2 is 2.00 bits per heavy atom. The predicted molar refractivity (Wildman–Crippen MR) is 133 cm³/mol. The standard InChI is InChI=1S/C28H26FN3O6/c1-2-28(37)16-7-20-25-14(9-32(20)26(35)15(16)11-38-27(28)36)24-18(30-21(34)10-33)6-5-13-22(12-3-4-12)17(29)8-19(31-25)23(13)24/h7-8,12,18,33,37H,2-6,9-11H2,1H3,(H,30,34)/t18-,28-/m0/s1. The van der Waals surface area contributed by atoms with Crippen LogP contribution < -0.4 is 10.9 Å². The normalized spacial score (nSPS) is 23.1. The molecule has 0 bridgehead atoms. The maximum atomic E-state index is 15.4. The largest absolute Gasteiger partial charge is 0.458 e. The Morgan fingerprint density at radius 3 is 2.71 bits per heavy atom. The van der Waals surface area contributed by atoms with E-state index in [1.807, 2.05) is 0 Å². The molecule has 0 unspecified atom stereocenters. The molecular weight excluding hydrogens is 493 g/mol. The summed E-state index contributed by atoms with van der Waals surface area (Å²) in [5.74, 6) is -1.44. The van der Waals surface area contributed by atoms with E-state index < -0.39 is 30.1 Å². The molecule has 0 saturated heterocycles. The van der Waals surface area contributed by atoms with E-state index in [9.17, 15) is 24.6 Å². The summed E-state index contributed by atoms with van der Waals surface area (Å²) in [6, 6.07) is 2.61. The summed E-state index contributed by atoms with van der Waals surface area (Å²) < 4.78 is 22.1. The number of nitrogens with one attached hydrogen (secondary N) is 1. The molecule has 3 aromatic rings. The van der Waals surface area contributed by atoms with Crippen molar-refractivity contribution in [3.05, 3.63) is 61.7 Å². The van der Waals surface area contributed by atoms with Gasteiger partial charge in [-0.15, -0.1) is 0 Å². The van der Waals surface area contributed by atoms with Crippen molar-refractivity contribution >= 4 is 22.8 Å². The Kier molecular flexibility index (Phi) is 4.91. The smallest absolute Gasteiger partial charge is 0.343 e. The van der Waals surface area contributed by atoms with Crippen LogP contribution in [0.3, 0.4) is 0 Å². The Hall–Kier alpha value is -3.63. The number of aliphatic hydroxyl groups is 2. The average Bonchev–Trinajstić information content (AvgIpc) is 3.68. The van der Waals surface area contributed by atoms with Crippen LogP contribution in [-0.4, -0.2) is 38.2 Å². The number of carbonyl (C=O) groups excluding carboxylic acids is 2. The average molecular weight is 520 g/mol. The highest BCUT2D eigenvalue weighted by atomic mass is 19.1. The number of halogens is 1. The number of amides is 1. The molecule has 0 spiro atoms. The molecule has 2 aliphatic heterocycles. The zero-order valence-corrected chi connectivity index (χ0v) is 20.8. The van der Waals surface area contributed by atoms with Gasteiger partial charge in [0.2, 0.25) is 5.91 Å². The van der Waals surface area contributed by atoms with Gasteiger partial charge in [0.15, 0.2) is 5.60 Å². The van der Waals surface area contributed by atoms with Gasteiger partial charge in [-0.3, -0.25) is 9.59 Å². The topological polar surface area (TPSA) is 131 Å². The molecule has 4 aliphatic rings. The van der Waals surface area contributed by atoms with E-state index in [-0.39, 0.29) is 48.0 Å². The van der Waals surface area contributed by atoms with Crippen LogP contribution >= 0.6 is 0 Å². The van der Waals surface area contributed by atoms with Crippen LogP contribution in [0, 0.1) is 5.82 Å². The molecule has 7 rings (SSSR count). The van der Waals surface area contributed by atoms with Crippen LogP contribution in [0.25, 0.3) is 22.3 Å². The Morgan fingerprint density at radius 1 is 1.21 bits per heavy atom. The highest BCUT2D eigenvalue weighted by molar-refractivity contribution is 5.94. The second-order valence-electron chi connectivity index (χ2n) is 10.7. The van der Waals surface area contributed by atoms with Gasteiger partial charge in [0.05, 0.1) is 35.1 Å². The fraction of sp³-hybridized carbons (Fsp3) is 0.429. The van der Waals surface area contributed by atoms with Crippen LogP contribution in [0.1, 0.15) is 77.9 Å². The lowest BCUT2D eigenvalue weighted by atomic mass is 9.80. The molecule has 2 aliphatic carbocycles. The van der Waals surface area contributed by atoms with E-state index in [0.29, 0.717) is 29.7 Å². The Labute approximate surface area is 216 Å². The maximum Gasteiger partial charge on any atom is 0.343 e. The number of nitrogens with zero attached hydrogens (tertiary/aromatic N) is 2. The molecule has 1 aromatic carbocycles. The van der Waals surface area contributed by atoms with E-state index in [4.69, 9.17) is 9.72 Å². The molecule has 4 heterocycles. The minimum atomic E-state index is -1.95. The molecule has 1 saturated carbocycles. The number of aryl methyl sites for hydroxylation is 1. The van der Waals surface area contributed by atoms with Crippen LogP contribution in [0.2, 0.25) is 0 Å². The number of pyridine rings is 2. The number of hydrogen-bond donors (Lipinski definition) is 3. The first-order chi connectivity index (χ1) is 18.3. The lowest BCUT2D eigenvalue weighted by Gasteiger charge is -2.31. The van der Waals surface area contributed by atoms with Crippen molar-refractivity contribution in [3.63, 3.8) is 0 Å². The fourth-order valence-electron chi connectivity index (χ4n) is 6.62. The van der Waals surface area contributed by atoms with Crippen LogP contribution in [0.15, 0.2) is 16.9 Å². The first-order valence-electron chi connectivity index (χ1n) is 13.0. The van der Waals surface area contributed by atoms with Crippen molar-refractivity contribution in [2.45, 2.75) is 69.7 Å². The number of carbonyl (C=O) groups is 2. The van der Waals surface area contributed by atoms with Gasteiger partial charge in [0, 0.05) is 22.6 Å². The second kappa shape index (κ2) is 7.94. The third kappa shape index (κ3) is 3.04. The zero-order chi connectivity index (χ0) is 26.5. The van der Waals surface area contributed by atoms with Gasteiger partial charge in [0.1, 0.15) is 19.0 Å². The first kappa shape index (κ1) is 23.5.